The lowest BCUT2D eigenvalue weighted by Crippen LogP contribution is -2.32. The topological polar surface area (TPSA) is 83.8 Å². The summed E-state index contributed by atoms with van der Waals surface area (Å²) in [6.07, 6.45) is 0.878. The number of ketones is 1. The zero-order valence-electron chi connectivity index (χ0n) is 14.9. The molecule has 0 fully saturated rings. The van der Waals surface area contributed by atoms with Crippen LogP contribution in [0.25, 0.3) is 0 Å². The number of nitro benzene ring substituents is 1. The van der Waals surface area contributed by atoms with Crippen molar-refractivity contribution in [3.63, 3.8) is 0 Å². The van der Waals surface area contributed by atoms with Crippen molar-refractivity contribution < 1.29 is 14.5 Å². The molecule has 1 heterocycles. The van der Waals surface area contributed by atoms with Crippen molar-refractivity contribution in [2.75, 3.05) is 30.4 Å². The molecule has 1 amide bonds. The van der Waals surface area contributed by atoms with Crippen molar-refractivity contribution in [3.8, 4) is 0 Å². The van der Waals surface area contributed by atoms with Crippen molar-refractivity contribution in [2.45, 2.75) is 12.8 Å². The molecule has 0 saturated heterocycles. The third-order valence-electron chi connectivity index (χ3n) is 4.51. The molecule has 7 nitrogen and oxygen atoms in total. The summed E-state index contributed by atoms with van der Waals surface area (Å²) in [6.45, 7) is 0.367. The van der Waals surface area contributed by atoms with E-state index in [2.05, 4.69) is 0 Å². The monoisotopic (exact) mass is 387 g/mol. The molecule has 1 aliphatic rings. The summed E-state index contributed by atoms with van der Waals surface area (Å²) < 4.78 is 0. The molecule has 3 rings (SSSR count). The number of carbonyl (C=O) groups excluding carboxylic acids is 2. The lowest BCUT2D eigenvalue weighted by Gasteiger charge is -2.24. The van der Waals surface area contributed by atoms with Gasteiger partial charge in [-0.3, -0.25) is 19.7 Å². The molecule has 0 N–H and O–H groups in total. The Morgan fingerprint density at radius 3 is 2.59 bits per heavy atom. The molecule has 0 radical (unpaired) electrons. The van der Waals surface area contributed by atoms with Crippen LogP contribution in [0.4, 0.5) is 17.1 Å². The fourth-order valence-corrected chi connectivity index (χ4v) is 3.32. The van der Waals surface area contributed by atoms with Gasteiger partial charge in [-0.2, -0.15) is 0 Å². The smallest absolute Gasteiger partial charge is 0.270 e. The average Bonchev–Trinajstić information content (AvgIpc) is 2.79. The molecule has 0 aromatic heterocycles. The molecule has 0 spiro atoms. The van der Waals surface area contributed by atoms with Crippen LogP contribution in [-0.2, 0) is 0 Å². The minimum Gasteiger partial charge on any atom is -0.378 e. The fourth-order valence-electron chi connectivity index (χ4n) is 3.06. The van der Waals surface area contributed by atoms with E-state index in [0.29, 0.717) is 30.6 Å². The van der Waals surface area contributed by atoms with Gasteiger partial charge >= 0.3 is 0 Å². The normalized spacial score (nSPS) is 13.7. The van der Waals surface area contributed by atoms with Crippen LogP contribution in [0.15, 0.2) is 36.4 Å². The van der Waals surface area contributed by atoms with E-state index in [1.807, 2.05) is 25.1 Å². The number of hydrogen-bond acceptors (Lipinski definition) is 5. The molecule has 0 atom stereocenters. The van der Waals surface area contributed by atoms with E-state index in [1.165, 1.54) is 17.0 Å². The van der Waals surface area contributed by atoms with Gasteiger partial charge in [-0.15, -0.1) is 0 Å². The Kier molecular flexibility index (Phi) is 5.14. The second-order valence-electron chi connectivity index (χ2n) is 6.50. The van der Waals surface area contributed by atoms with Crippen molar-refractivity contribution in [3.05, 3.63) is 62.7 Å². The standard InChI is InChI=1S/C19H18ClN3O4/c1-21(2)12-6-8-17-15(10-12)18(24)4-3-9-22(17)19(25)14-7-5-13(23(26)27)11-16(14)20/h5-8,10-11H,3-4,9H2,1-2H3. The van der Waals surface area contributed by atoms with Gasteiger partial charge in [-0.25, -0.2) is 0 Å². The molecule has 0 saturated carbocycles. The van der Waals surface area contributed by atoms with Gasteiger partial charge in [0.2, 0.25) is 0 Å². The molecule has 27 heavy (non-hydrogen) atoms. The maximum Gasteiger partial charge on any atom is 0.270 e. The maximum absolute atomic E-state index is 13.1. The Morgan fingerprint density at radius 1 is 1.22 bits per heavy atom. The second-order valence-corrected chi connectivity index (χ2v) is 6.91. The van der Waals surface area contributed by atoms with Gasteiger partial charge in [-0.1, -0.05) is 11.6 Å². The molecular formula is C19H18ClN3O4. The number of fused-ring (bicyclic) bond motifs is 1. The van der Waals surface area contributed by atoms with E-state index in [4.69, 9.17) is 11.6 Å². The van der Waals surface area contributed by atoms with E-state index < -0.39 is 4.92 Å². The molecule has 0 bridgehead atoms. The van der Waals surface area contributed by atoms with Crippen LogP contribution in [0.2, 0.25) is 5.02 Å². The predicted octanol–water partition coefficient (Wildman–Crippen LogP) is 3.94. The predicted molar refractivity (Wildman–Crippen MR) is 104 cm³/mol. The molecule has 1 aliphatic heterocycles. The van der Waals surface area contributed by atoms with Gasteiger partial charge in [0.25, 0.3) is 11.6 Å². The number of carbonyl (C=O) groups is 2. The van der Waals surface area contributed by atoms with Crippen molar-refractivity contribution in [2.24, 2.45) is 0 Å². The van der Waals surface area contributed by atoms with Gasteiger partial charge in [0.15, 0.2) is 5.78 Å². The van der Waals surface area contributed by atoms with Crippen LogP contribution in [-0.4, -0.2) is 37.3 Å². The van der Waals surface area contributed by atoms with E-state index >= 15 is 0 Å². The Hall–Kier alpha value is -2.93. The Balaban J connectivity index is 2.04. The van der Waals surface area contributed by atoms with Gasteiger partial charge < -0.3 is 9.80 Å². The fraction of sp³-hybridized carbons (Fsp3) is 0.263. The minimum atomic E-state index is -0.567. The molecule has 2 aromatic rings. The molecular weight excluding hydrogens is 370 g/mol. The van der Waals surface area contributed by atoms with Crippen LogP contribution < -0.4 is 9.80 Å². The summed E-state index contributed by atoms with van der Waals surface area (Å²) in [5.74, 6) is -0.401. The first-order valence-electron chi connectivity index (χ1n) is 8.40. The first-order chi connectivity index (χ1) is 12.8. The zero-order valence-corrected chi connectivity index (χ0v) is 15.7. The molecule has 8 heteroatoms. The highest BCUT2D eigenvalue weighted by molar-refractivity contribution is 6.35. The van der Waals surface area contributed by atoms with E-state index in [9.17, 15) is 19.7 Å². The number of Topliss-reactive ketones (excluding diaryl/α,β-unsaturated/α-hetero) is 1. The summed E-state index contributed by atoms with van der Waals surface area (Å²) in [5, 5.41) is 10.9. The van der Waals surface area contributed by atoms with Gasteiger partial charge in [0.05, 0.1) is 21.2 Å². The van der Waals surface area contributed by atoms with Crippen molar-refractivity contribution >= 4 is 40.4 Å². The molecule has 0 aliphatic carbocycles. The molecule has 140 valence electrons. The SMILES string of the molecule is CN(C)c1ccc2c(c1)C(=O)CCCN2C(=O)c1ccc([N+](=O)[O-])cc1Cl. The second kappa shape index (κ2) is 7.36. The third kappa shape index (κ3) is 3.64. The summed E-state index contributed by atoms with van der Waals surface area (Å²) in [6, 6.07) is 9.14. The number of non-ortho nitro benzene ring substituents is 1. The molecule has 2 aromatic carbocycles. The van der Waals surface area contributed by atoms with Crippen LogP contribution >= 0.6 is 11.6 Å². The van der Waals surface area contributed by atoms with E-state index in [0.717, 1.165) is 11.8 Å². The highest BCUT2D eigenvalue weighted by Gasteiger charge is 2.28. The number of hydrogen-bond donors (Lipinski definition) is 0. The largest absolute Gasteiger partial charge is 0.378 e. The van der Waals surface area contributed by atoms with Gasteiger partial charge in [0, 0.05) is 50.4 Å². The van der Waals surface area contributed by atoms with Crippen LogP contribution in [0.3, 0.4) is 0 Å². The summed E-state index contributed by atoms with van der Waals surface area (Å²) in [7, 11) is 3.75. The van der Waals surface area contributed by atoms with Crippen molar-refractivity contribution in [1.82, 2.24) is 0 Å². The van der Waals surface area contributed by atoms with Crippen molar-refractivity contribution in [1.29, 1.82) is 0 Å². The first kappa shape index (κ1) is 18.8. The number of nitro groups is 1. The Morgan fingerprint density at radius 2 is 1.96 bits per heavy atom. The van der Waals surface area contributed by atoms with Gasteiger partial charge in [0.1, 0.15) is 0 Å². The van der Waals surface area contributed by atoms with Crippen LogP contribution in [0.5, 0.6) is 0 Å². The highest BCUT2D eigenvalue weighted by Crippen LogP contribution is 2.32. The number of benzene rings is 2. The number of rotatable bonds is 3. The summed E-state index contributed by atoms with van der Waals surface area (Å²) in [4.78, 5) is 39.3. The Labute approximate surface area is 161 Å². The van der Waals surface area contributed by atoms with E-state index in [1.54, 1.807) is 12.1 Å². The number of halogens is 1. The molecule has 0 unspecified atom stereocenters. The third-order valence-corrected chi connectivity index (χ3v) is 4.83. The summed E-state index contributed by atoms with van der Waals surface area (Å²) in [5.41, 5.74) is 1.87. The highest BCUT2D eigenvalue weighted by atomic mass is 35.5. The van der Waals surface area contributed by atoms with Crippen LogP contribution in [0.1, 0.15) is 33.6 Å². The number of anilines is 2. The number of amides is 1. The first-order valence-corrected chi connectivity index (χ1v) is 8.78. The lowest BCUT2D eigenvalue weighted by molar-refractivity contribution is -0.384. The average molecular weight is 388 g/mol. The van der Waals surface area contributed by atoms with Gasteiger partial charge in [-0.05, 0) is 30.7 Å². The number of nitrogens with zero attached hydrogens (tertiary/aromatic N) is 3. The maximum atomic E-state index is 13.1. The quantitative estimate of drug-likeness (QED) is 0.588. The minimum absolute atomic E-state index is 0.0104. The van der Waals surface area contributed by atoms with E-state index in [-0.39, 0.29) is 28.0 Å². The zero-order chi connectivity index (χ0) is 19.7. The Bertz CT molecular complexity index is 943. The lowest BCUT2D eigenvalue weighted by atomic mass is 10.0. The van der Waals surface area contributed by atoms with Crippen LogP contribution in [0, 0.1) is 10.1 Å². The summed E-state index contributed by atoms with van der Waals surface area (Å²) >= 11 is 6.13.